The molecule has 0 aliphatic heterocycles. The summed E-state index contributed by atoms with van der Waals surface area (Å²) in [5, 5.41) is 3.51. The van der Waals surface area contributed by atoms with Crippen molar-refractivity contribution in [3.05, 3.63) is 64.9 Å². The van der Waals surface area contributed by atoms with E-state index in [2.05, 4.69) is 5.32 Å². The first-order valence-corrected chi connectivity index (χ1v) is 10.2. The smallest absolute Gasteiger partial charge is 0.261 e. The number of benzene rings is 2. The maximum Gasteiger partial charge on any atom is 0.261 e. The van der Waals surface area contributed by atoms with Crippen LogP contribution in [0, 0.1) is 5.82 Å². The topological polar surface area (TPSA) is 58.6 Å². The Morgan fingerprint density at radius 2 is 1.77 bits per heavy atom. The zero-order valence-corrected chi connectivity index (χ0v) is 18.5. The highest BCUT2D eigenvalue weighted by atomic mass is 35.5. The van der Waals surface area contributed by atoms with Crippen molar-refractivity contribution in [1.29, 1.82) is 0 Å². The lowest BCUT2D eigenvalue weighted by Gasteiger charge is -2.33. The molecular formula is C23H28ClFN2O3. The molecule has 0 aliphatic carbocycles. The predicted molar refractivity (Wildman–Crippen MR) is 116 cm³/mol. The number of ether oxygens (including phenoxy) is 1. The second-order valence-electron chi connectivity index (χ2n) is 8.03. The standard InChI is InChI=1S/C23H28ClFN2O3/c1-5-19(22(29)26-23(2,3)4)27(14-16-10-12-17(24)13-11-16)21(28)15-30-20-9-7-6-8-18(20)25/h6-13,19H,5,14-15H2,1-4H3,(H,26,29)/t19-/m1/s1. The van der Waals surface area contributed by atoms with Gasteiger partial charge in [-0.3, -0.25) is 9.59 Å². The van der Waals surface area contributed by atoms with Crippen LogP contribution in [0.4, 0.5) is 4.39 Å². The van der Waals surface area contributed by atoms with Crippen LogP contribution < -0.4 is 10.1 Å². The highest BCUT2D eigenvalue weighted by molar-refractivity contribution is 6.30. The van der Waals surface area contributed by atoms with Crippen LogP contribution in [0.2, 0.25) is 5.02 Å². The minimum atomic E-state index is -0.698. The van der Waals surface area contributed by atoms with E-state index in [1.807, 2.05) is 27.7 Å². The molecule has 1 atom stereocenters. The van der Waals surface area contributed by atoms with Crippen LogP contribution in [-0.2, 0) is 16.1 Å². The van der Waals surface area contributed by atoms with E-state index in [0.717, 1.165) is 5.56 Å². The van der Waals surface area contributed by atoms with E-state index >= 15 is 0 Å². The van der Waals surface area contributed by atoms with Gasteiger partial charge in [0.05, 0.1) is 0 Å². The predicted octanol–water partition coefficient (Wildman–Crippen LogP) is 4.58. The summed E-state index contributed by atoms with van der Waals surface area (Å²) in [5.41, 5.74) is 0.379. The molecule has 2 aromatic rings. The maximum atomic E-state index is 13.8. The summed E-state index contributed by atoms with van der Waals surface area (Å²) in [6.45, 7) is 7.30. The van der Waals surface area contributed by atoms with Crippen molar-refractivity contribution in [3.63, 3.8) is 0 Å². The lowest BCUT2D eigenvalue weighted by molar-refractivity contribution is -0.143. The maximum absolute atomic E-state index is 13.8. The quantitative estimate of drug-likeness (QED) is 0.661. The molecule has 0 unspecified atom stereocenters. The van der Waals surface area contributed by atoms with Crippen LogP contribution in [0.1, 0.15) is 39.7 Å². The largest absolute Gasteiger partial charge is 0.481 e. The van der Waals surface area contributed by atoms with Crippen LogP contribution in [0.5, 0.6) is 5.75 Å². The normalized spacial score (nSPS) is 12.2. The Bertz CT molecular complexity index is 865. The zero-order chi connectivity index (χ0) is 22.3. The number of hydrogen-bond donors (Lipinski definition) is 1. The first-order chi connectivity index (χ1) is 14.1. The highest BCUT2D eigenvalue weighted by Gasteiger charge is 2.31. The molecule has 7 heteroatoms. The summed E-state index contributed by atoms with van der Waals surface area (Å²) in [6.07, 6.45) is 0.418. The van der Waals surface area contributed by atoms with E-state index in [4.69, 9.17) is 16.3 Å². The van der Waals surface area contributed by atoms with Gasteiger partial charge in [0.15, 0.2) is 18.2 Å². The van der Waals surface area contributed by atoms with Gasteiger partial charge in [-0.2, -0.15) is 0 Å². The molecule has 1 N–H and O–H groups in total. The van der Waals surface area contributed by atoms with Crippen LogP contribution >= 0.6 is 11.6 Å². The zero-order valence-electron chi connectivity index (χ0n) is 17.7. The number of para-hydroxylation sites is 1. The Morgan fingerprint density at radius 3 is 2.33 bits per heavy atom. The van der Waals surface area contributed by atoms with Gasteiger partial charge in [-0.15, -0.1) is 0 Å². The first kappa shape index (κ1) is 23.7. The van der Waals surface area contributed by atoms with E-state index in [0.29, 0.717) is 11.4 Å². The summed E-state index contributed by atoms with van der Waals surface area (Å²) in [7, 11) is 0. The fraction of sp³-hybridized carbons (Fsp3) is 0.391. The highest BCUT2D eigenvalue weighted by Crippen LogP contribution is 2.18. The summed E-state index contributed by atoms with van der Waals surface area (Å²) in [6, 6.07) is 12.2. The van der Waals surface area contributed by atoms with E-state index in [-0.39, 0.29) is 24.8 Å². The van der Waals surface area contributed by atoms with Crippen molar-refractivity contribution in [2.24, 2.45) is 0 Å². The van der Waals surface area contributed by atoms with Crippen molar-refractivity contribution >= 4 is 23.4 Å². The van der Waals surface area contributed by atoms with Crippen molar-refractivity contribution in [2.75, 3.05) is 6.61 Å². The molecule has 30 heavy (non-hydrogen) atoms. The van der Waals surface area contributed by atoms with Crippen LogP contribution in [-0.4, -0.2) is 34.9 Å². The third-order valence-corrected chi connectivity index (χ3v) is 4.59. The summed E-state index contributed by atoms with van der Waals surface area (Å²) in [5.74, 6) is -1.22. The number of amides is 2. The fourth-order valence-corrected chi connectivity index (χ4v) is 3.07. The summed E-state index contributed by atoms with van der Waals surface area (Å²) < 4.78 is 19.2. The number of carbonyl (C=O) groups is 2. The van der Waals surface area contributed by atoms with Gasteiger partial charge in [0.25, 0.3) is 5.91 Å². The van der Waals surface area contributed by atoms with E-state index < -0.39 is 23.3 Å². The molecule has 0 saturated carbocycles. The molecule has 0 radical (unpaired) electrons. The number of rotatable bonds is 8. The van der Waals surface area contributed by atoms with E-state index in [9.17, 15) is 14.0 Å². The van der Waals surface area contributed by atoms with Gasteiger partial charge in [0.2, 0.25) is 5.91 Å². The van der Waals surface area contributed by atoms with Gasteiger partial charge in [0, 0.05) is 17.1 Å². The molecule has 5 nitrogen and oxygen atoms in total. The van der Waals surface area contributed by atoms with Gasteiger partial charge in [-0.05, 0) is 57.0 Å². The molecular weight excluding hydrogens is 407 g/mol. The fourth-order valence-electron chi connectivity index (χ4n) is 2.94. The monoisotopic (exact) mass is 434 g/mol. The van der Waals surface area contributed by atoms with Crippen LogP contribution in [0.3, 0.4) is 0 Å². The lowest BCUT2D eigenvalue weighted by atomic mass is 10.1. The second kappa shape index (κ2) is 10.4. The average Bonchev–Trinajstić information content (AvgIpc) is 2.67. The third-order valence-electron chi connectivity index (χ3n) is 4.34. The molecule has 0 fully saturated rings. The molecule has 0 heterocycles. The molecule has 162 valence electrons. The first-order valence-electron chi connectivity index (χ1n) is 9.84. The molecule has 0 spiro atoms. The molecule has 2 amide bonds. The van der Waals surface area contributed by atoms with Crippen molar-refractivity contribution in [1.82, 2.24) is 10.2 Å². The molecule has 0 bridgehead atoms. The van der Waals surface area contributed by atoms with E-state index in [1.54, 1.807) is 36.4 Å². The van der Waals surface area contributed by atoms with Crippen LogP contribution in [0.25, 0.3) is 0 Å². The van der Waals surface area contributed by atoms with E-state index in [1.165, 1.54) is 17.0 Å². The molecule has 0 aliphatic rings. The molecule has 2 rings (SSSR count). The van der Waals surface area contributed by atoms with Gasteiger partial charge in [0.1, 0.15) is 6.04 Å². The molecule has 0 saturated heterocycles. The van der Waals surface area contributed by atoms with Gasteiger partial charge >= 0.3 is 0 Å². The minimum Gasteiger partial charge on any atom is -0.481 e. The second-order valence-corrected chi connectivity index (χ2v) is 8.47. The summed E-state index contributed by atoms with van der Waals surface area (Å²) in [4.78, 5) is 27.4. The number of halogens is 2. The molecule has 2 aromatic carbocycles. The average molecular weight is 435 g/mol. The van der Waals surface area contributed by atoms with Crippen molar-refractivity contribution < 1.29 is 18.7 Å². The minimum absolute atomic E-state index is 0.00974. The van der Waals surface area contributed by atoms with Crippen molar-refractivity contribution in [3.8, 4) is 5.75 Å². The third kappa shape index (κ3) is 7.02. The summed E-state index contributed by atoms with van der Waals surface area (Å²) >= 11 is 5.96. The Kier molecular flexibility index (Phi) is 8.24. The lowest BCUT2D eigenvalue weighted by Crippen LogP contribution is -2.54. The number of hydrogen-bond acceptors (Lipinski definition) is 3. The molecule has 0 aromatic heterocycles. The Labute approximate surface area is 182 Å². The number of carbonyl (C=O) groups excluding carboxylic acids is 2. The van der Waals surface area contributed by atoms with Gasteiger partial charge in [-0.1, -0.05) is 42.8 Å². The van der Waals surface area contributed by atoms with Gasteiger partial charge in [-0.25, -0.2) is 4.39 Å². The SMILES string of the molecule is CC[C@H](C(=O)NC(C)(C)C)N(Cc1ccc(Cl)cc1)C(=O)COc1ccccc1F. The van der Waals surface area contributed by atoms with Gasteiger partial charge < -0.3 is 15.0 Å². The number of nitrogens with zero attached hydrogens (tertiary/aromatic N) is 1. The number of nitrogens with one attached hydrogen (secondary N) is 1. The van der Waals surface area contributed by atoms with Crippen LogP contribution in [0.15, 0.2) is 48.5 Å². The Balaban J connectivity index is 2.24. The Hall–Kier alpha value is -2.60. The Morgan fingerprint density at radius 1 is 1.13 bits per heavy atom. The van der Waals surface area contributed by atoms with Crippen molar-refractivity contribution in [2.45, 2.75) is 52.2 Å².